The lowest BCUT2D eigenvalue weighted by atomic mass is 9.82. The van der Waals surface area contributed by atoms with Crippen molar-refractivity contribution < 1.29 is 0 Å². The molecule has 2 rings (SSSR count). The van der Waals surface area contributed by atoms with Crippen molar-refractivity contribution in [3.05, 3.63) is 15.9 Å². The highest BCUT2D eigenvalue weighted by molar-refractivity contribution is 9.10. The summed E-state index contributed by atoms with van der Waals surface area (Å²) >= 11 is 3.62. The summed E-state index contributed by atoms with van der Waals surface area (Å²) in [4.78, 5) is 0. The van der Waals surface area contributed by atoms with Crippen molar-refractivity contribution in [2.75, 3.05) is 0 Å². The molecule has 1 aliphatic rings. The Morgan fingerprint density at radius 3 is 2.75 bits per heavy atom. The van der Waals surface area contributed by atoms with Gasteiger partial charge in [-0.3, -0.25) is 4.68 Å². The number of nitrogens with zero attached hydrogens (tertiary/aromatic N) is 2. The van der Waals surface area contributed by atoms with E-state index < -0.39 is 0 Å². The van der Waals surface area contributed by atoms with Gasteiger partial charge in [0.05, 0.1) is 15.9 Å². The maximum atomic E-state index is 4.50. The molecule has 3 nitrogen and oxygen atoms in total. The van der Waals surface area contributed by atoms with Crippen LogP contribution in [0.4, 0.5) is 0 Å². The normalized spacial score (nSPS) is 24.5. The first kappa shape index (κ1) is 12.1. The van der Waals surface area contributed by atoms with Crippen LogP contribution in [0, 0.1) is 12.8 Å². The number of aromatic nitrogens is 2. The average Bonchev–Trinajstić information content (AvgIpc) is 2.49. The zero-order valence-electron chi connectivity index (χ0n) is 10.3. The molecule has 0 atom stereocenters. The molecule has 0 unspecified atom stereocenters. The smallest absolute Gasteiger partial charge is 0.0739 e. The minimum absolute atomic E-state index is 0.711. The van der Waals surface area contributed by atoms with Crippen LogP contribution < -0.4 is 5.32 Å². The molecule has 1 aromatic heterocycles. The molecule has 1 fully saturated rings. The van der Waals surface area contributed by atoms with Crippen LogP contribution in [0.1, 0.15) is 38.1 Å². The lowest BCUT2D eigenvalue weighted by molar-refractivity contribution is 0.238. The van der Waals surface area contributed by atoms with Gasteiger partial charge in [0.2, 0.25) is 0 Å². The van der Waals surface area contributed by atoms with E-state index in [1.807, 2.05) is 6.92 Å². The van der Waals surface area contributed by atoms with Crippen LogP contribution in [0.2, 0.25) is 0 Å². The van der Waals surface area contributed by atoms with Crippen molar-refractivity contribution in [2.24, 2.45) is 5.92 Å². The van der Waals surface area contributed by atoms with Gasteiger partial charge in [0.25, 0.3) is 0 Å². The molecule has 1 aliphatic carbocycles. The molecule has 0 radical (unpaired) electrons. The van der Waals surface area contributed by atoms with Gasteiger partial charge in [0, 0.05) is 19.1 Å². The molecule has 16 heavy (non-hydrogen) atoms. The van der Waals surface area contributed by atoms with E-state index in [2.05, 4.69) is 44.9 Å². The van der Waals surface area contributed by atoms with E-state index in [0.717, 1.165) is 29.2 Å². The van der Waals surface area contributed by atoms with E-state index in [4.69, 9.17) is 0 Å². The summed E-state index contributed by atoms with van der Waals surface area (Å²) < 4.78 is 3.24. The van der Waals surface area contributed by atoms with Gasteiger partial charge in [0.1, 0.15) is 0 Å². The second kappa shape index (κ2) is 4.88. The first-order valence-corrected chi connectivity index (χ1v) is 6.86. The number of halogens is 1. The highest BCUT2D eigenvalue weighted by Crippen LogP contribution is 2.27. The summed E-state index contributed by atoms with van der Waals surface area (Å²) in [5.74, 6) is 0.902. The zero-order valence-corrected chi connectivity index (χ0v) is 11.8. The lowest BCUT2D eigenvalue weighted by Crippen LogP contribution is -2.40. The van der Waals surface area contributed by atoms with Gasteiger partial charge < -0.3 is 5.32 Å². The lowest BCUT2D eigenvalue weighted by Gasteiger charge is -2.33. The number of nitrogens with one attached hydrogen (secondary N) is 1. The second-order valence-electron chi connectivity index (χ2n) is 4.82. The summed E-state index contributed by atoms with van der Waals surface area (Å²) in [5.41, 5.74) is 2.36. The van der Waals surface area contributed by atoms with Crippen LogP contribution in [0.15, 0.2) is 4.47 Å². The monoisotopic (exact) mass is 285 g/mol. The van der Waals surface area contributed by atoms with E-state index in [1.54, 1.807) is 0 Å². The third-order valence-corrected chi connectivity index (χ3v) is 4.42. The Morgan fingerprint density at radius 1 is 1.50 bits per heavy atom. The highest BCUT2D eigenvalue weighted by Gasteiger charge is 2.25. The molecule has 1 aromatic rings. The van der Waals surface area contributed by atoms with Crippen LogP contribution in [0.3, 0.4) is 0 Å². The predicted octanol–water partition coefficient (Wildman–Crippen LogP) is 2.86. The number of hydrogen-bond donors (Lipinski definition) is 1. The van der Waals surface area contributed by atoms with Crippen LogP contribution in [0.25, 0.3) is 0 Å². The topological polar surface area (TPSA) is 29.9 Å². The van der Waals surface area contributed by atoms with Crippen LogP contribution in [-0.4, -0.2) is 15.8 Å². The second-order valence-corrected chi connectivity index (χ2v) is 5.61. The highest BCUT2D eigenvalue weighted by atomic mass is 79.9. The molecule has 90 valence electrons. The van der Waals surface area contributed by atoms with Gasteiger partial charge in [-0.1, -0.05) is 6.92 Å². The molecular weight excluding hydrogens is 266 g/mol. The molecule has 1 N–H and O–H groups in total. The molecule has 0 spiro atoms. The summed E-state index contributed by atoms with van der Waals surface area (Å²) in [5, 5.41) is 8.10. The quantitative estimate of drug-likeness (QED) is 0.922. The Bertz CT molecular complexity index is 367. The zero-order chi connectivity index (χ0) is 11.7. The summed E-state index contributed by atoms with van der Waals surface area (Å²) in [6.07, 6.45) is 2.63. The Hall–Kier alpha value is -0.350. The maximum Gasteiger partial charge on any atom is 0.0739 e. The van der Waals surface area contributed by atoms with Crippen LogP contribution >= 0.6 is 15.9 Å². The van der Waals surface area contributed by atoms with E-state index in [-0.39, 0.29) is 0 Å². The van der Waals surface area contributed by atoms with Crippen molar-refractivity contribution in [1.29, 1.82) is 0 Å². The van der Waals surface area contributed by atoms with E-state index in [0.29, 0.717) is 6.04 Å². The van der Waals surface area contributed by atoms with Gasteiger partial charge in [-0.15, -0.1) is 0 Å². The standard InChI is InChI=1S/C12H20BrN3/c1-4-16-11(12(13)9(3)15-16)7-14-10-5-8(2)6-10/h8,10,14H,4-7H2,1-3H3. The molecule has 0 bridgehead atoms. The molecule has 1 saturated carbocycles. The van der Waals surface area contributed by atoms with Crippen molar-refractivity contribution in [3.8, 4) is 0 Å². The molecule has 4 heteroatoms. The third-order valence-electron chi connectivity index (χ3n) is 3.38. The maximum absolute atomic E-state index is 4.50. The average molecular weight is 286 g/mol. The summed E-state index contributed by atoms with van der Waals surface area (Å²) in [6, 6.07) is 0.711. The molecule has 1 heterocycles. The van der Waals surface area contributed by atoms with Gasteiger partial charge in [-0.25, -0.2) is 0 Å². The number of rotatable bonds is 4. The van der Waals surface area contributed by atoms with Crippen LogP contribution in [-0.2, 0) is 13.1 Å². The first-order chi connectivity index (χ1) is 7.61. The van der Waals surface area contributed by atoms with E-state index in [9.17, 15) is 0 Å². The first-order valence-electron chi connectivity index (χ1n) is 6.07. The third kappa shape index (κ3) is 2.33. The number of hydrogen-bond acceptors (Lipinski definition) is 2. The Morgan fingerprint density at radius 2 is 2.19 bits per heavy atom. The molecule has 0 amide bonds. The fraction of sp³-hybridized carbons (Fsp3) is 0.750. The van der Waals surface area contributed by atoms with E-state index >= 15 is 0 Å². The van der Waals surface area contributed by atoms with Crippen molar-refractivity contribution in [3.63, 3.8) is 0 Å². The fourth-order valence-corrected chi connectivity index (χ4v) is 2.77. The van der Waals surface area contributed by atoms with Gasteiger partial charge in [0.15, 0.2) is 0 Å². The fourth-order valence-electron chi connectivity index (χ4n) is 2.35. The van der Waals surface area contributed by atoms with Gasteiger partial charge >= 0.3 is 0 Å². The summed E-state index contributed by atoms with van der Waals surface area (Å²) in [6.45, 7) is 8.35. The summed E-state index contributed by atoms with van der Waals surface area (Å²) in [7, 11) is 0. The predicted molar refractivity (Wildman–Crippen MR) is 69.4 cm³/mol. The van der Waals surface area contributed by atoms with Crippen molar-refractivity contribution >= 4 is 15.9 Å². The molecule has 0 saturated heterocycles. The van der Waals surface area contributed by atoms with Gasteiger partial charge in [-0.05, 0) is 48.5 Å². The number of aryl methyl sites for hydroxylation is 2. The van der Waals surface area contributed by atoms with Crippen LogP contribution in [0.5, 0.6) is 0 Å². The Kier molecular flexibility index (Phi) is 3.70. The minimum atomic E-state index is 0.711. The largest absolute Gasteiger partial charge is 0.308 e. The molecule has 0 aromatic carbocycles. The molecular formula is C12H20BrN3. The van der Waals surface area contributed by atoms with Crippen molar-refractivity contribution in [1.82, 2.24) is 15.1 Å². The van der Waals surface area contributed by atoms with Gasteiger partial charge in [-0.2, -0.15) is 5.10 Å². The minimum Gasteiger partial charge on any atom is -0.308 e. The Balaban J connectivity index is 1.97. The van der Waals surface area contributed by atoms with E-state index in [1.165, 1.54) is 18.5 Å². The molecule has 0 aliphatic heterocycles. The Labute approximate surface area is 106 Å². The van der Waals surface area contributed by atoms with Crippen molar-refractivity contribution in [2.45, 2.75) is 52.7 Å². The SMILES string of the molecule is CCn1nc(C)c(Br)c1CNC1CC(C)C1.